The van der Waals surface area contributed by atoms with Gasteiger partial charge in [0.1, 0.15) is 0 Å². The number of alkyl halides is 3. The summed E-state index contributed by atoms with van der Waals surface area (Å²) in [5, 5.41) is 2.39. The van der Waals surface area contributed by atoms with Gasteiger partial charge in [0.15, 0.2) is 0 Å². The van der Waals surface area contributed by atoms with Crippen molar-refractivity contribution in [3.05, 3.63) is 35.9 Å². The zero-order chi connectivity index (χ0) is 12.9. The van der Waals surface area contributed by atoms with Gasteiger partial charge in [-0.2, -0.15) is 13.2 Å². The van der Waals surface area contributed by atoms with Crippen molar-refractivity contribution in [1.29, 1.82) is 0 Å². The van der Waals surface area contributed by atoms with E-state index in [1.165, 1.54) is 6.26 Å². The summed E-state index contributed by atoms with van der Waals surface area (Å²) in [7, 11) is -1.15. The van der Waals surface area contributed by atoms with Crippen LogP contribution in [0.15, 0.2) is 30.3 Å². The highest BCUT2D eigenvalue weighted by Gasteiger charge is 2.28. The molecule has 0 radical (unpaired) electrons. The fourth-order valence-corrected chi connectivity index (χ4v) is 2.21. The van der Waals surface area contributed by atoms with Crippen LogP contribution in [-0.2, 0) is 10.8 Å². The Hall–Kier alpha value is -0.880. The second-order valence-electron chi connectivity index (χ2n) is 3.70. The summed E-state index contributed by atoms with van der Waals surface area (Å²) in [4.78, 5) is 0. The van der Waals surface area contributed by atoms with Gasteiger partial charge in [-0.15, -0.1) is 0 Å². The summed E-state index contributed by atoms with van der Waals surface area (Å²) < 4.78 is 47.5. The maximum Gasteiger partial charge on any atom is 0.401 e. The van der Waals surface area contributed by atoms with Crippen LogP contribution in [0, 0.1) is 0 Å². The number of hydrogen-bond donors (Lipinski definition) is 1. The molecule has 0 spiro atoms. The topological polar surface area (TPSA) is 29.1 Å². The highest BCUT2D eigenvalue weighted by molar-refractivity contribution is 7.84. The highest BCUT2D eigenvalue weighted by Crippen LogP contribution is 2.18. The molecule has 6 heteroatoms. The second-order valence-corrected chi connectivity index (χ2v) is 5.18. The first-order valence-electron chi connectivity index (χ1n) is 5.03. The zero-order valence-corrected chi connectivity index (χ0v) is 10.1. The Kier molecular flexibility index (Phi) is 5.14. The van der Waals surface area contributed by atoms with Gasteiger partial charge in [0.05, 0.1) is 6.54 Å². The van der Waals surface area contributed by atoms with Crippen molar-refractivity contribution in [2.24, 2.45) is 0 Å². The highest BCUT2D eigenvalue weighted by atomic mass is 32.2. The third kappa shape index (κ3) is 5.83. The van der Waals surface area contributed by atoms with Crippen molar-refractivity contribution in [1.82, 2.24) is 5.32 Å². The molecule has 1 rings (SSSR count). The Labute approximate surface area is 101 Å². The molecular weight excluding hydrogens is 251 g/mol. The fraction of sp³-hybridized carbons (Fsp3) is 0.455. The van der Waals surface area contributed by atoms with Gasteiger partial charge in [0, 0.05) is 28.9 Å². The average molecular weight is 265 g/mol. The number of hydrogen-bond acceptors (Lipinski definition) is 2. The molecule has 1 aromatic rings. The zero-order valence-electron chi connectivity index (χ0n) is 9.33. The lowest BCUT2D eigenvalue weighted by Crippen LogP contribution is -2.34. The summed E-state index contributed by atoms with van der Waals surface area (Å²) in [6.45, 7) is -1.08. The summed E-state index contributed by atoms with van der Waals surface area (Å²) in [6.07, 6.45) is -2.78. The molecule has 1 aromatic carbocycles. The smallest absolute Gasteiger partial charge is 0.301 e. The SMILES string of the molecule is C[S@@](=O)C[C@H](NCC(F)(F)F)c1ccccc1. The van der Waals surface area contributed by atoms with Crippen molar-refractivity contribution >= 4 is 10.8 Å². The first kappa shape index (κ1) is 14.2. The second kappa shape index (κ2) is 6.16. The predicted octanol–water partition coefficient (Wildman–Crippen LogP) is 2.26. The van der Waals surface area contributed by atoms with E-state index >= 15 is 0 Å². The molecule has 1 N–H and O–H groups in total. The van der Waals surface area contributed by atoms with E-state index in [9.17, 15) is 17.4 Å². The molecule has 0 aromatic heterocycles. The minimum atomic E-state index is -4.26. The monoisotopic (exact) mass is 265 g/mol. The van der Waals surface area contributed by atoms with Crippen LogP contribution in [0.3, 0.4) is 0 Å². The van der Waals surface area contributed by atoms with E-state index in [2.05, 4.69) is 5.32 Å². The minimum Gasteiger partial charge on any atom is -0.301 e. The van der Waals surface area contributed by atoms with E-state index in [0.29, 0.717) is 5.56 Å². The van der Waals surface area contributed by atoms with E-state index in [0.717, 1.165) is 0 Å². The molecular formula is C11H14F3NOS. The average Bonchev–Trinajstić information content (AvgIpc) is 2.24. The Morgan fingerprint density at radius 2 is 1.88 bits per heavy atom. The number of halogens is 3. The summed E-state index contributed by atoms with van der Waals surface area (Å²) >= 11 is 0. The molecule has 0 saturated carbocycles. The fourth-order valence-electron chi connectivity index (χ4n) is 1.43. The van der Waals surface area contributed by atoms with Crippen LogP contribution >= 0.6 is 0 Å². The molecule has 0 aliphatic carbocycles. The van der Waals surface area contributed by atoms with Crippen molar-refractivity contribution in [2.75, 3.05) is 18.6 Å². The Bertz CT molecular complexity index is 367. The van der Waals surface area contributed by atoms with Crippen molar-refractivity contribution in [3.63, 3.8) is 0 Å². The Morgan fingerprint density at radius 1 is 1.29 bits per heavy atom. The number of nitrogens with one attached hydrogen (secondary N) is 1. The maximum absolute atomic E-state index is 12.1. The lowest BCUT2D eigenvalue weighted by Gasteiger charge is -2.19. The van der Waals surface area contributed by atoms with E-state index in [-0.39, 0.29) is 5.75 Å². The lowest BCUT2D eigenvalue weighted by molar-refractivity contribution is -0.126. The van der Waals surface area contributed by atoms with E-state index in [1.54, 1.807) is 30.3 Å². The van der Waals surface area contributed by atoms with Crippen LogP contribution in [0.5, 0.6) is 0 Å². The van der Waals surface area contributed by atoms with E-state index in [4.69, 9.17) is 0 Å². The van der Waals surface area contributed by atoms with Gasteiger partial charge in [-0.1, -0.05) is 30.3 Å². The lowest BCUT2D eigenvalue weighted by atomic mass is 10.1. The van der Waals surface area contributed by atoms with Gasteiger partial charge in [-0.3, -0.25) is 4.21 Å². The number of rotatable bonds is 5. The van der Waals surface area contributed by atoms with Crippen LogP contribution in [0.1, 0.15) is 11.6 Å². The van der Waals surface area contributed by atoms with E-state index < -0.39 is 29.6 Å². The molecule has 0 unspecified atom stereocenters. The number of benzene rings is 1. The summed E-state index contributed by atoms with van der Waals surface area (Å²) in [5.41, 5.74) is 0.715. The molecule has 0 saturated heterocycles. The Balaban J connectivity index is 2.71. The normalized spacial score (nSPS) is 15.5. The first-order valence-corrected chi connectivity index (χ1v) is 6.76. The molecule has 2 atom stereocenters. The molecule has 0 aliphatic rings. The first-order chi connectivity index (χ1) is 7.88. The van der Waals surface area contributed by atoms with Gasteiger partial charge in [0.2, 0.25) is 0 Å². The van der Waals surface area contributed by atoms with Crippen LogP contribution in [0.25, 0.3) is 0 Å². The molecule has 0 heterocycles. The third-order valence-corrected chi connectivity index (χ3v) is 2.95. The van der Waals surface area contributed by atoms with Crippen LogP contribution in [0.2, 0.25) is 0 Å². The molecule has 17 heavy (non-hydrogen) atoms. The van der Waals surface area contributed by atoms with Crippen LogP contribution in [-0.4, -0.2) is 28.9 Å². The largest absolute Gasteiger partial charge is 0.401 e. The quantitative estimate of drug-likeness (QED) is 0.884. The predicted molar refractivity (Wildman–Crippen MR) is 62.2 cm³/mol. The summed E-state index contributed by atoms with van der Waals surface area (Å²) in [5.74, 6) is 0.167. The van der Waals surface area contributed by atoms with Crippen LogP contribution in [0.4, 0.5) is 13.2 Å². The molecule has 0 fully saturated rings. The molecule has 0 aliphatic heterocycles. The molecule has 0 bridgehead atoms. The van der Waals surface area contributed by atoms with Gasteiger partial charge in [-0.05, 0) is 5.56 Å². The van der Waals surface area contributed by atoms with Gasteiger partial charge in [-0.25, -0.2) is 0 Å². The standard InChI is InChI=1S/C11H14F3NOS/c1-17(16)7-10(15-8-11(12,13)14)9-5-3-2-4-6-9/h2-6,10,15H,7-8H2,1H3/t10-,17+/m0/s1. The van der Waals surface area contributed by atoms with Gasteiger partial charge < -0.3 is 5.32 Å². The van der Waals surface area contributed by atoms with Gasteiger partial charge in [0.25, 0.3) is 0 Å². The van der Waals surface area contributed by atoms with Gasteiger partial charge >= 0.3 is 6.18 Å². The maximum atomic E-state index is 12.1. The third-order valence-electron chi connectivity index (χ3n) is 2.15. The Morgan fingerprint density at radius 3 is 2.35 bits per heavy atom. The molecule has 96 valence electrons. The summed E-state index contributed by atoms with van der Waals surface area (Å²) in [6, 6.07) is 8.19. The molecule has 0 amide bonds. The van der Waals surface area contributed by atoms with Crippen molar-refractivity contribution in [2.45, 2.75) is 12.2 Å². The molecule has 2 nitrogen and oxygen atoms in total. The van der Waals surface area contributed by atoms with Crippen molar-refractivity contribution in [3.8, 4) is 0 Å². The van der Waals surface area contributed by atoms with Crippen molar-refractivity contribution < 1.29 is 17.4 Å². The minimum absolute atomic E-state index is 0.167. The van der Waals surface area contributed by atoms with E-state index in [1.807, 2.05) is 0 Å². The van der Waals surface area contributed by atoms with Crippen LogP contribution < -0.4 is 5.32 Å².